The lowest BCUT2D eigenvalue weighted by Gasteiger charge is -2.14. The molecule has 4 heteroatoms. The van der Waals surface area contributed by atoms with E-state index in [0.29, 0.717) is 6.04 Å². The van der Waals surface area contributed by atoms with Crippen LogP contribution in [0.25, 0.3) is 0 Å². The molecule has 0 aromatic rings. The summed E-state index contributed by atoms with van der Waals surface area (Å²) in [6, 6.07) is 0.323. The lowest BCUT2D eigenvalue weighted by atomic mass is 10.2. The van der Waals surface area contributed by atoms with Crippen molar-refractivity contribution in [2.75, 3.05) is 6.54 Å². The number of carbonyl (C=O) groups excluding carboxylic acids is 1. The molecule has 0 saturated heterocycles. The summed E-state index contributed by atoms with van der Waals surface area (Å²) in [6.45, 7) is 4.34. The highest BCUT2D eigenvalue weighted by atomic mass is 16.3. The first-order chi connectivity index (χ1) is 5.57. The van der Waals surface area contributed by atoms with Crippen LogP contribution in [0.15, 0.2) is 0 Å². The number of hydrogen-bond acceptors (Lipinski definition) is 3. The molecule has 0 aliphatic rings. The monoisotopic (exact) mass is 174 g/mol. The molecule has 0 fully saturated rings. The van der Waals surface area contributed by atoms with Crippen molar-refractivity contribution in [2.45, 2.75) is 38.8 Å². The molecule has 0 spiro atoms. The van der Waals surface area contributed by atoms with Crippen molar-refractivity contribution in [3.8, 4) is 0 Å². The first-order valence-electron chi connectivity index (χ1n) is 4.28. The topological polar surface area (TPSA) is 75.3 Å². The van der Waals surface area contributed by atoms with E-state index < -0.39 is 12.0 Å². The molecular formula is C8H18N2O2. The van der Waals surface area contributed by atoms with Gasteiger partial charge in [0.05, 0.1) is 0 Å². The number of aliphatic hydroxyl groups excluding tert-OH is 1. The second kappa shape index (κ2) is 5.97. The van der Waals surface area contributed by atoms with Gasteiger partial charge < -0.3 is 16.2 Å². The van der Waals surface area contributed by atoms with Crippen molar-refractivity contribution in [2.24, 2.45) is 5.73 Å². The number of aliphatic hydroxyl groups is 1. The van der Waals surface area contributed by atoms with Crippen LogP contribution in [0.1, 0.15) is 26.7 Å². The van der Waals surface area contributed by atoms with E-state index in [2.05, 4.69) is 12.2 Å². The minimum Gasteiger partial charge on any atom is -0.382 e. The van der Waals surface area contributed by atoms with Gasteiger partial charge in [-0.3, -0.25) is 4.79 Å². The fourth-order valence-corrected chi connectivity index (χ4v) is 0.948. The average Bonchev–Trinajstić information content (AvgIpc) is 2.00. The van der Waals surface area contributed by atoms with E-state index in [0.717, 1.165) is 12.8 Å². The van der Waals surface area contributed by atoms with Gasteiger partial charge in [-0.05, 0) is 13.3 Å². The summed E-state index contributed by atoms with van der Waals surface area (Å²) in [7, 11) is 0. The highest BCUT2D eigenvalue weighted by Crippen LogP contribution is 1.94. The Kier molecular flexibility index (Phi) is 5.66. The number of nitrogens with two attached hydrogens (primary N) is 1. The first kappa shape index (κ1) is 11.4. The van der Waals surface area contributed by atoms with Crippen LogP contribution in [0.5, 0.6) is 0 Å². The molecule has 2 unspecified atom stereocenters. The van der Waals surface area contributed by atoms with Gasteiger partial charge in [0, 0.05) is 12.6 Å². The fourth-order valence-electron chi connectivity index (χ4n) is 0.948. The fraction of sp³-hybridized carbons (Fsp3) is 0.875. The number of carbonyl (C=O) groups is 1. The van der Waals surface area contributed by atoms with Gasteiger partial charge in [-0.15, -0.1) is 0 Å². The van der Waals surface area contributed by atoms with E-state index in [1.54, 1.807) is 0 Å². The van der Waals surface area contributed by atoms with Crippen LogP contribution < -0.4 is 11.1 Å². The zero-order chi connectivity index (χ0) is 9.56. The number of rotatable bonds is 6. The molecule has 0 radical (unpaired) electrons. The minimum absolute atomic E-state index is 0.247. The molecule has 0 aromatic heterocycles. The normalized spacial score (nSPS) is 15.6. The Labute approximate surface area is 73.1 Å². The molecule has 0 aromatic carbocycles. The molecule has 0 aliphatic heterocycles. The third-order valence-corrected chi connectivity index (χ3v) is 1.71. The predicted molar refractivity (Wildman–Crippen MR) is 47.6 cm³/mol. The molecule has 0 bridgehead atoms. The van der Waals surface area contributed by atoms with Gasteiger partial charge in [0.25, 0.3) is 0 Å². The molecule has 0 saturated carbocycles. The molecule has 4 N–H and O–H groups in total. The Hall–Kier alpha value is -0.610. The van der Waals surface area contributed by atoms with Gasteiger partial charge in [-0.25, -0.2) is 0 Å². The zero-order valence-corrected chi connectivity index (χ0v) is 7.71. The van der Waals surface area contributed by atoms with Crippen molar-refractivity contribution in [1.82, 2.24) is 5.32 Å². The summed E-state index contributed by atoms with van der Waals surface area (Å²) in [5.74, 6) is -0.675. The van der Waals surface area contributed by atoms with Gasteiger partial charge in [0.15, 0.2) is 0 Å². The van der Waals surface area contributed by atoms with Crippen molar-refractivity contribution in [3.05, 3.63) is 0 Å². The Balaban J connectivity index is 3.46. The molecule has 1 amide bonds. The molecule has 0 heterocycles. The smallest absolute Gasteiger partial charge is 0.247 e. The van der Waals surface area contributed by atoms with E-state index in [1.165, 1.54) is 0 Å². The molecule has 12 heavy (non-hydrogen) atoms. The van der Waals surface area contributed by atoms with Crippen LogP contribution in [-0.4, -0.2) is 29.7 Å². The summed E-state index contributed by atoms with van der Waals surface area (Å²) < 4.78 is 0. The Bertz CT molecular complexity index is 139. The van der Waals surface area contributed by atoms with E-state index in [-0.39, 0.29) is 6.54 Å². The van der Waals surface area contributed by atoms with E-state index >= 15 is 0 Å². The van der Waals surface area contributed by atoms with Crippen LogP contribution in [0, 0.1) is 0 Å². The zero-order valence-electron chi connectivity index (χ0n) is 7.71. The van der Waals surface area contributed by atoms with E-state index in [1.807, 2.05) is 6.92 Å². The highest BCUT2D eigenvalue weighted by Gasteiger charge is 2.10. The molecule has 4 nitrogen and oxygen atoms in total. The van der Waals surface area contributed by atoms with Crippen molar-refractivity contribution >= 4 is 5.91 Å². The predicted octanol–water partition coefficient (Wildman–Crippen LogP) is -0.389. The number of amides is 1. The van der Waals surface area contributed by atoms with Crippen molar-refractivity contribution in [3.63, 3.8) is 0 Å². The van der Waals surface area contributed by atoms with Crippen LogP contribution >= 0.6 is 0 Å². The minimum atomic E-state index is -1.07. The maximum absolute atomic E-state index is 10.4. The van der Waals surface area contributed by atoms with Gasteiger partial charge in [0.1, 0.15) is 6.10 Å². The van der Waals surface area contributed by atoms with Crippen LogP contribution in [0.3, 0.4) is 0 Å². The lowest BCUT2D eigenvalue weighted by Crippen LogP contribution is -2.40. The maximum atomic E-state index is 10.4. The van der Waals surface area contributed by atoms with E-state index in [4.69, 9.17) is 10.8 Å². The standard InChI is InChI=1S/C8H18N2O2/c1-3-4-6(2)10-5-7(11)8(9)12/h6-7,10-11H,3-5H2,1-2H3,(H2,9,12). The quantitative estimate of drug-likeness (QED) is 0.513. The molecule has 2 atom stereocenters. The van der Waals surface area contributed by atoms with Gasteiger partial charge in [-0.2, -0.15) is 0 Å². The van der Waals surface area contributed by atoms with Gasteiger partial charge in [0.2, 0.25) is 5.91 Å². The Morgan fingerprint density at radius 1 is 1.67 bits per heavy atom. The summed E-state index contributed by atoms with van der Waals surface area (Å²) in [4.78, 5) is 10.4. The summed E-state index contributed by atoms with van der Waals surface area (Å²) >= 11 is 0. The van der Waals surface area contributed by atoms with Crippen molar-refractivity contribution in [1.29, 1.82) is 0 Å². The average molecular weight is 174 g/mol. The third kappa shape index (κ3) is 5.09. The summed E-state index contributed by atoms with van der Waals surface area (Å²) in [5.41, 5.74) is 4.87. The summed E-state index contributed by atoms with van der Waals surface area (Å²) in [6.07, 6.45) is 1.05. The third-order valence-electron chi connectivity index (χ3n) is 1.71. The molecule has 72 valence electrons. The first-order valence-corrected chi connectivity index (χ1v) is 4.28. The second-order valence-corrected chi connectivity index (χ2v) is 3.02. The molecule has 0 rings (SSSR count). The maximum Gasteiger partial charge on any atom is 0.247 e. The van der Waals surface area contributed by atoms with Crippen molar-refractivity contribution < 1.29 is 9.90 Å². The largest absolute Gasteiger partial charge is 0.382 e. The van der Waals surface area contributed by atoms with Gasteiger partial charge in [-0.1, -0.05) is 13.3 Å². The second-order valence-electron chi connectivity index (χ2n) is 3.02. The van der Waals surface area contributed by atoms with Crippen LogP contribution in [-0.2, 0) is 4.79 Å². The summed E-state index contributed by atoms with van der Waals surface area (Å²) in [5, 5.41) is 12.0. The number of hydrogen-bond donors (Lipinski definition) is 3. The Morgan fingerprint density at radius 3 is 2.67 bits per heavy atom. The number of primary amides is 1. The molecular weight excluding hydrogens is 156 g/mol. The van der Waals surface area contributed by atoms with E-state index in [9.17, 15) is 4.79 Å². The van der Waals surface area contributed by atoms with Crippen LogP contribution in [0.2, 0.25) is 0 Å². The lowest BCUT2D eigenvalue weighted by molar-refractivity contribution is -0.125. The van der Waals surface area contributed by atoms with Gasteiger partial charge >= 0.3 is 0 Å². The number of nitrogens with one attached hydrogen (secondary N) is 1. The highest BCUT2D eigenvalue weighted by molar-refractivity contribution is 5.78. The molecule has 0 aliphatic carbocycles. The SMILES string of the molecule is CCCC(C)NCC(O)C(N)=O. The van der Waals surface area contributed by atoms with Crippen LogP contribution in [0.4, 0.5) is 0 Å². The Morgan fingerprint density at radius 2 is 2.25 bits per heavy atom.